The van der Waals surface area contributed by atoms with Gasteiger partial charge in [0.15, 0.2) is 4.77 Å². The second-order valence-corrected chi connectivity index (χ2v) is 5.46. The van der Waals surface area contributed by atoms with Crippen LogP contribution in [0.15, 0.2) is 18.2 Å². The van der Waals surface area contributed by atoms with E-state index in [0.29, 0.717) is 23.4 Å². The van der Waals surface area contributed by atoms with E-state index >= 15 is 0 Å². The molecule has 1 unspecified atom stereocenters. The number of benzene rings is 1. The lowest BCUT2D eigenvalue weighted by Gasteiger charge is -2.11. The SMILES string of the molecule is O=C(O)Cc1[nH]c(=S)n2c1CC(c1c(F)cccc1F)C2. The van der Waals surface area contributed by atoms with Crippen LogP contribution in [0.3, 0.4) is 0 Å². The first-order valence-electron chi connectivity index (χ1n) is 6.43. The van der Waals surface area contributed by atoms with E-state index in [9.17, 15) is 13.6 Å². The topological polar surface area (TPSA) is 58.0 Å². The predicted molar refractivity (Wildman–Crippen MR) is 73.8 cm³/mol. The summed E-state index contributed by atoms with van der Waals surface area (Å²) in [7, 11) is 0. The summed E-state index contributed by atoms with van der Waals surface area (Å²) in [5, 5.41) is 8.90. The number of halogens is 2. The Morgan fingerprint density at radius 1 is 1.43 bits per heavy atom. The highest BCUT2D eigenvalue weighted by atomic mass is 32.1. The standard InChI is InChI=1S/C14H12F2N2O2S/c15-8-2-1-3-9(16)13(8)7-4-11-10(5-12(19)20)17-14(21)18(11)6-7/h1-3,7H,4-6H2,(H,17,21)(H,19,20). The molecule has 0 amide bonds. The normalized spacial score (nSPS) is 17.0. The fourth-order valence-electron chi connectivity index (χ4n) is 2.89. The number of aliphatic carboxylic acids is 1. The zero-order valence-corrected chi connectivity index (χ0v) is 11.7. The Kier molecular flexibility index (Phi) is 3.36. The first-order valence-corrected chi connectivity index (χ1v) is 6.84. The molecule has 2 N–H and O–H groups in total. The van der Waals surface area contributed by atoms with Gasteiger partial charge in [-0.3, -0.25) is 4.79 Å². The Labute approximate surface area is 124 Å². The Morgan fingerprint density at radius 2 is 2.10 bits per heavy atom. The minimum Gasteiger partial charge on any atom is -0.481 e. The summed E-state index contributed by atoms with van der Waals surface area (Å²) in [4.78, 5) is 13.7. The van der Waals surface area contributed by atoms with Crippen molar-refractivity contribution < 1.29 is 18.7 Å². The molecule has 0 fully saturated rings. The number of aromatic amines is 1. The third-order valence-electron chi connectivity index (χ3n) is 3.76. The van der Waals surface area contributed by atoms with E-state index in [1.807, 2.05) is 0 Å². The Morgan fingerprint density at radius 3 is 2.71 bits per heavy atom. The molecule has 3 rings (SSSR count). The van der Waals surface area contributed by atoms with Crippen molar-refractivity contribution in [1.29, 1.82) is 0 Å². The van der Waals surface area contributed by atoms with Gasteiger partial charge in [0.1, 0.15) is 11.6 Å². The number of rotatable bonds is 3. The van der Waals surface area contributed by atoms with Gasteiger partial charge in [0.25, 0.3) is 0 Å². The van der Waals surface area contributed by atoms with Crippen LogP contribution in [0.25, 0.3) is 0 Å². The van der Waals surface area contributed by atoms with E-state index in [4.69, 9.17) is 17.3 Å². The molecule has 2 heterocycles. The maximum atomic E-state index is 13.9. The molecular weight excluding hydrogens is 298 g/mol. The minimum atomic E-state index is -0.977. The molecule has 1 aliphatic rings. The number of imidazole rings is 1. The molecule has 7 heteroatoms. The van der Waals surface area contributed by atoms with Gasteiger partial charge in [0.05, 0.1) is 6.42 Å². The predicted octanol–water partition coefficient (Wildman–Crippen LogP) is 2.79. The molecule has 1 atom stereocenters. The van der Waals surface area contributed by atoms with Gasteiger partial charge in [-0.2, -0.15) is 0 Å². The zero-order valence-electron chi connectivity index (χ0n) is 10.9. The number of hydrogen-bond acceptors (Lipinski definition) is 2. The monoisotopic (exact) mass is 310 g/mol. The number of fused-ring (bicyclic) bond motifs is 1. The lowest BCUT2D eigenvalue weighted by Crippen LogP contribution is -2.08. The molecule has 0 saturated heterocycles. The molecule has 4 nitrogen and oxygen atoms in total. The molecule has 110 valence electrons. The molecule has 0 spiro atoms. The van der Waals surface area contributed by atoms with Crippen LogP contribution in [0.2, 0.25) is 0 Å². The van der Waals surface area contributed by atoms with Crippen LogP contribution in [0, 0.1) is 16.4 Å². The summed E-state index contributed by atoms with van der Waals surface area (Å²) >= 11 is 5.15. The number of nitrogens with zero attached hydrogens (tertiary/aromatic N) is 1. The largest absolute Gasteiger partial charge is 0.481 e. The Bertz CT molecular complexity index is 762. The lowest BCUT2D eigenvalue weighted by molar-refractivity contribution is -0.136. The molecule has 1 aromatic carbocycles. The number of nitrogens with one attached hydrogen (secondary N) is 1. The molecule has 0 bridgehead atoms. The number of hydrogen-bond donors (Lipinski definition) is 2. The highest BCUT2D eigenvalue weighted by molar-refractivity contribution is 7.71. The van der Waals surface area contributed by atoms with Crippen LogP contribution in [0.4, 0.5) is 8.78 Å². The van der Waals surface area contributed by atoms with Crippen molar-refractivity contribution in [3.05, 3.63) is 51.6 Å². The first kappa shape index (κ1) is 13.9. The fourth-order valence-corrected chi connectivity index (χ4v) is 3.20. The van der Waals surface area contributed by atoms with Gasteiger partial charge < -0.3 is 14.7 Å². The summed E-state index contributed by atoms with van der Waals surface area (Å²) in [5.74, 6) is -2.51. The van der Waals surface area contributed by atoms with E-state index in [1.165, 1.54) is 18.2 Å². The van der Waals surface area contributed by atoms with Crippen molar-refractivity contribution in [2.24, 2.45) is 0 Å². The fraction of sp³-hybridized carbons (Fsp3) is 0.286. The lowest BCUT2D eigenvalue weighted by atomic mass is 9.95. The number of aromatic nitrogens is 2. The van der Waals surface area contributed by atoms with Crippen LogP contribution in [0.1, 0.15) is 22.9 Å². The van der Waals surface area contributed by atoms with E-state index in [-0.39, 0.29) is 17.9 Å². The van der Waals surface area contributed by atoms with Crippen molar-refractivity contribution in [1.82, 2.24) is 9.55 Å². The number of H-pyrrole nitrogens is 1. The molecule has 0 aliphatic carbocycles. The summed E-state index contributed by atoms with van der Waals surface area (Å²) < 4.78 is 29.8. The average Bonchev–Trinajstić information content (AvgIpc) is 2.92. The van der Waals surface area contributed by atoms with Gasteiger partial charge in [-0.25, -0.2) is 8.78 Å². The van der Waals surface area contributed by atoms with Gasteiger partial charge in [-0.1, -0.05) is 6.07 Å². The van der Waals surface area contributed by atoms with Crippen LogP contribution in [-0.4, -0.2) is 20.6 Å². The zero-order chi connectivity index (χ0) is 15.1. The second-order valence-electron chi connectivity index (χ2n) is 5.07. The van der Waals surface area contributed by atoms with Crippen molar-refractivity contribution in [2.45, 2.75) is 25.3 Å². The molecule has 21 heavy (non-hydrogen) atoms. The molecular formula is C14H12F2N2O2S. The van der Waals surface area contributed by atoms with Gasteiger partial charge in [0.2, 0.25) is 0 Å². The number of carbonyl (C=O) groups is 1. The van der Waals surface area contributed by atoms with E-state index < -0.39 is 17.6 Å². The Balaban J connectivity index is 1.98. The molecule has 0 radical (unpaired) electrons. The second kappa shape index (κ2) is 5.07. The van der Waals surface area contributed by atoms with Gasteiger partial charge in [-0.15, -0.1) is 0 Å². The smallest absolute Gasteiger partial charge is 0.309 e. The molecule has 0 saturated carbocycles. The number of carboxylic acid groups (broad SMARTS) is 1. The summed E-state index contributed by atoms with van der Waals surface area (Å²) in [6, 6.07) is 3.78. The Hall–Kier alpha value is -2.02. The van der Waals surface area contributed by atoms with Crippen molar-refractivity contribution >= 4 is 18.2 Å². The van der Waals surface area contributed by atoms with Crippen LogP contribution < -0.4 is 0 Å². The highest BCUT2D eigenvalue weighted by Crippen LogP contribution is 2.34. The van der Waals surface area contributed by atoms with E-state index in [0.717, 1.165) is 5.69 Å². The minimum absolute atomic E-state index is 0.0388. The summed E-state index contributed by atoms with van der Waals surface area (Å²) in [6.45, 7) is 0.349. The van der Waals surface area contributed by atoms with Crippen molar-refractivity contribution in [3.8, 4) is 0 Å². The van der Waals surface area contributed by atoms with E-state index in [2.05, 4.69) is 4.98 Å². The highest BCUT2D eigenvalue weighted by Gasteiger charge is 2.30. The third-order valence-corrected chi connectivity index (χ3v) is 4.08. The number of carboxylic acids is 1. The van der Waals surface area contributed by atoms with Gasteiger partial charge >= 0.3 is 5.97 Å². The first-order chi connectivity index (χ1) is 9.97. The van der Waals surface area contributed by atoms with Crippen LogP contribution in [0.5, 0.6) is 0 Å². The average molecular weight is 310 g/mol. The molecule has 1 aromatic heterocycles. The van der Waals surface area contributed by atoms with Crippen LogP contribution in [-0.2, 0) is 24.2 Å². The third kappa shape index (κ3) is 2.37. The maximum absolute atomic E-state index is 13.9. The summed E-state index contributed by atoms with van der Waals surface area (Å²) in [5.41, 5.74) is 1.26. The van der Waals surface area contributed by atoms with Crippen LogP contribution >= 0.6 is 12.2 Å². The molecule has 1 aliphatic heterocycles. The van der Waals surface area contributed by atoms with Crippen molar-refractivity contribution in [2.75, 3.05) is 0 Å². The maximum Gasteiger partial charge on any atom is 0.309 e. The van der Waals surface area contributed by atoms with Crippen molar-refractivity contribution in [3.63, 3.8) is 0 Å². The van der Waals surface area contributed by atoms with Gasteiger partial charge in [-0.05, 0) is 30.8 Å². The van der Waals surface area contributed by atoms with E-state index in [1.54, 1.807) is 4.57 Å². The molecule has 2 aromatic rings. The quantitative estimate of drug-likeness (QED) is 0.857. The van der Waals surface area contributed by atoms with Gasteiger partial charge in [0, 0.05) is 29.4 Å². The summed E-state index contributed by atoms with van der Waals surface area (Å²) in [6.07, 6.45) is 0.187.